The predicted molar refractivity (Wildman–Crippen MR) is 101 cm³/mol. The lowest BCUT2D eigenvalue weighted by molar-refractivity contribution is -0.114. The summed E-state index contributed by atoms with van der Waals surface area (Å²) in [6, 6.07) is 17.1. The maximum absolute atomic E-state index is 12.2. The summed E-state index contributed by atoms with van der Waals surface area (Å²) in [7, 11) is 0. The number of carbonyl (C=O) groups excluding carboxylic acids is 1. The second-order valence-electron chi connectivity index (χ2n) is 6.19. The van der Waals surface area contributed by atoms with Gasteiger partial charge in [-0.3, -0.25) is 4.79 Å². The Balaban J connectivity index is 1.54. The third-order valence-corrected chi connectivity index (χ3v) is 4.32. The van der Waals surface area contributed by atoms with Crippen molar-refractivity contribution in [2.75, 3.05) is 35.2 Å². The third kappa shape index (κ3) is 4.74. The Morgan fingerprint density at radius 3 is 2.52 bits per heavy atom. The van der Waals surface area contributed by atoms with Gasteiger partial charge in [0.15, 0.2) is 0 Å². The molecule has 1 amide bonds. The van der Waals surface area contributed by atoms with E-state index in [1.54, 1.807) is 24.3 Å². The lowest BCUT2D eigenvalue weighted by Crippen LogP contribution is -2.29. The first-order valence-electron chi connectivity index (χ1n) is 8.63. The van der Waals surface area contributed by atoms with E-state index in [1.807, 2.05) is 18.2 Å². The van der Waals surface area contributed by atoms with Gasteiger partial charge in [0.2, 0.25) is 5.91 Å². The van der Waals surface area contributed by atoms with Gasteiger partial charge in [-0.25, -0.2) is 0 Å². The summed E-state index contributed by atoms with van der Waals surface area (Å²) in [5, 5.41) is 14.8. The molecule has 1 fully saturated rings. The molecule has 2 aromatic rings. The van der Waals surface area contributed by atoms with Crippen LogP contribution in [0, 0.1) is 11.3 Å². The van der Waals surface area contributed by atoms with Crippen LogP contribution in [-0.2, 0) is 4.79 Å². The van der Waals surface area contributed by atoms with Crippen LogP contribution in [0.25, 0.3) is 0 Å². The first-order valence-corrected chi connectivity index (χ1v) is 8.63. The van der Waals surface area contributed by atoms with E-state index >= 15 is 0 Å². The van der Waals surface area contributed by atoms with Gasteiger partial charge in [0, 0.05) is 30.2 Å². The van der Waals surface area contributed by atoms with Gasteiger partial charge in [-0.2, -0.15) is 5.26 Å². The number of carbonyl (C=O) groups is 1. The number of benzene rings is 2. The summed E-state index contributed by atoms with van der Waals surface area (Å²) in [5.74, 6) is -0.0971. The van der Waals surface area contributed by atoms with E-state index in [-0.39, 0.29) is 12.5 Å². The molecule has 0 aromatic heterocycles. The van der Waals surface area contributed by atoms with Crippen LogP contribution in [0.1, 0.15) is 24.8 Å². The van der Waals surface area contributed by atoms with Crippen molar-refractivity contribution in [2.24, 2.45) is 0 Å². The van der Waals surface area contributed by atoms with Gasteiger partial charge in [0.1, 0.15) is 0 Å². The Morgan fingerprint density at radius 1 is 1.04 bits per heavy atom. The van der Waals surface area contributed by atoms with E-state index in [0.29, 0.717) is 5.56 Å². The molecule has 1 aliphatic rings. The molecule has 1 aliphatic heterocycles. The first-order chi connectivity index (χ1) is 12.2. The van der Waals surface area contributed by atoms with Crippen LogP contribution in [0.2, 0.25) is 0 Å². The fourth-order valence-corrected chi connectivity index (χ4v) is 2.98. The number of amides is 1. The van der Waals surface area contributed by atoms with Crippen molar-refractivity contribution in [1.29, 1.82) is 5.26 Å². The van der Waals surface area contributed by atoms with Crippen LogP contribution in [0.15, 0.2) is 48.5 Å². The molecule has 25 heavy (non-hydrogen) atoms. The molecule has 2 N–H and O–H groups in total. The highest BCUT2D eigenvalue weighted by atomic mass is 16.1. The molecule has 0 unspecified atom stereocenters. The summed E-state index contributed by atoms with van der Waals surface area (Å²) >= 11 is 0. The van der Waals surface area contributed by atoms with Crippen LogP contribution < -0.4 is 15.5 Å². The average Bonchev–Trinajstić information content (AvgIpc) is 2.68. The highest BCUT2D eigenvalue weighted by molar-refractivity contribution is 5.94. The van der Waals surface area contributed by atoms with Crippen molar-refractivity contribution in [2.45, 2.75) is 19.3 Å². The van der Waals surface area contributed by atoms with Crippen molar-refractivity contribution < 1.29 is 4.79 Å². The van der Waals surface area contributed by atoms with Gasteiger partial charge >= 0.3 is 0 Å². The van der Waals surface area contributed by atoms with E-state index in [0.717, 1.165) is 30.2 Å². The number of hydrogen-bond acceptors (Lipinski definition) is 4. The number of piperidine rings is 1. The van der Waals surface area contributed by atoms with Crippen molar-refractivity contribution in [3.05, 3.63) is 54.1 Å². The van der Waals surface area contributed by atoms with Crippen LogP contribution in [0.5, 0.6) is 0 Å². The van der Waals surface area contributed by atoms with E-state index in [4.69, 9.17) is 5.26 Å². The van der Waals surface area contributed by atoms with Gasteiger partial charge < -0.3 is 15.5 Å². The summed E-state index contributed by atoms with van der Waals surface area (Å²) in [6.45, 7) is 2.34. The molecule has 0 aliphatic carbocycles. The predicted octanol–water partition coefficient (Wildman–Crippen LogP) is 3.60. The maximum atomic E-state index is 12.2. The summed E-state index contributed by atoms with van der Waals surface area (Å²) in [5.41, 5.74) is 3.40. The van der Waals surface area contributed by atoms with Crippen LogP contribution in [-0.4, -0.2) is 25.5 Å². The Labute approximate surface area is 148 Å². The van der Waals surface area contributed by atoms with Gasteiger partial charge in [-0.05, 0) is 61.7 Å². The topological polar surface area (TPSA) is 68.2 Å². The Hall–Kier alpha value is -3.00. The molecular formula is C20H22N4O. The highest BCUT2D eigenvalue weighted by Crippen LogP contribution is 2.23. The summed E-state index contributed by atoms with van der Waals surface area (Å²) in [4.78, 5) is 14.5. The minimum atomic E-state index is -0.0971. The van der Waals surface area contributed by atoms with Crippen molar-refractivity contribution >= 4 is 23.0 Å². The SMILES string of the molecule is N#Cc1ccc(NCC(=O)Nc2cccc(N3CCCCC3)c2)cc1. The lowest BCUT2D eigenvalue weighted by Gasteiger charge is -2.29. The Morgan fingerprint density at radius 2 is 1.80 bits per heavy atom. The molecule has 2 aromatic carbocycles. The molecule has 0 atom stereocenters. The van der Waals surface area contributed by atoms with E-state index < -0.39 is 0 Å². The fourth-order valence-electron chi connectivity index (χ4n) is 2.98. The largest absolute Gasteiger partial charge is 0.376 e. The molecule has 128 valence electrons. The van der Waals surface area contributed by atoms with Crippen molar-refractivity contribution in [3.63, 3.8) is 0 Å². The third-order valence-electron chi connectivity index (χ3n) is 4.32. The zero-order chi connectivity index (χ0) is 17.5. The molecule has 1 heterocycles. The molecule has 0 radical (unpaired) electrons. The maximum Gasteiger partial charge on any atom is 0.243 e. The molecule has 1 saturated heterocycles. The number of nitrogens with one attached hydrogen (secondary N) is 2. The van der Waals surface area contributed by atoms with Gasteiger partial charge in [0.25, 0.3) is 0 Å². The molecule has 0 spiro atoms. The Bertz CT molecular complexity index is 758. The monoisotopic (exact) mass is 334 g/mol. The molecular weight excluding hydrogens is 312 g/mol. The minimum Gasteiger partial charge on any atom is -0.376 e. The molecule has 0 saturated carbocycles. The fraction of sp³-hybridized carbons (Fsp3) is 0.300. The van der Waals surface area contributed by atoms with E-state index in [1.165, 1.54) is 19.3 Å². The van der Waals surface area contributed by atoms with Crippen molar-refractivity contribution in [3.8, 4) is 6.07 Å². The standard InChI is InChI=1S/C20H22N4O/c21-14-16-7-9-17(10-8-16)22-15-20(25)23-18-5-4-6-19(13-18)24-11-2-1-3-12-24/h4-10,13,22H,1-3,11-12,15H2,(H,23,25). The normalized spacial score (nSPS) is 13.8. The van der Waals surface area contributed by atoms with Gasteiger partial charge in [-0.15, -0.1) is 0 Å². The van der Waals surface area contributed by atoms with Crippen LogP contribution in [0.4, 0.5) is 17.1 Å². The number of rotatable bonds is 5. The average molecular weight is 334 g/mol. The van der Waals surface area contributed by atoms with Crippen LogP contribution >= 0.6 is 0 Å². The molecule has 0 bridgehead atoms. The van der Waals surface area contributed by atoms with E-state index in [2.05, 4.69) is 27.7 Å². The number of nitriles is 1. The number of anilines is 3. The second-order valence-corrected chi connectivity index (χ2v) is 6.19. The second kappa shape index (κ2) is 8.20. The zero-order valence-corrected chi connectivity index (χ0v) is 14.2. The van der Waals surface area contributed by atoms with Crippen molar-refractivity contribution in [1.82, 2.24) is 0 Å². The quantitative estimate of drug-likeness (QED) is 0.877. The lowest BCUT2D eigenvalue weighted by atomic mass is 10.1. The van der Waals surface area contributed by atoms with E-state index in [9.17, 15) is 4.79 Å². The summed E-state index contributed by atoms with van der Waals surface area (Å²) in [6.07, 6.45) is 3.75. The number of nitrogens with zero attached hydrogens (tertiary/aromatic N) is 2. The van der Waals surface area contributed by atoms with Gasteiger partial charge in [-0.1, -0.05) is 6.07 Å². The zero-order valence-electron chi connectivity index (χ0n) is 14.2. The molecule has 3 rings (SSSR count). The van der Waals surface area contributed by atoms with Gasteiger partial charge in [0.05, 0.1) is 18.2 Å². The summed E-state index contributed by atoms with van der Waals surface area (Å²) < 4.78 is 0. The smallest absolute Gasteiger partial charge is 0.243 e. The minimum absolute atomic E-state index is 0.0971. The molecule has 5 heteroatoms. The first kappa shape index (κ1) is 16.8. The van der Waals surface area contributed by atoms with Crippen LogP contribution in [0.3, 0.4) is 0 Å². The molecule has 5 nitrogen and oxygen atoms in total. The number of hydrogen-bond donors (Lipinski definition) is 2. The Kier molecular flexibility index (Phi) is 5.53. The highest BCUT2D eigenvalue weighted by Gasteiger charge is 2.11.